The molecule has 1 aromatic carbocycles. The minimum atomic E-state index is -0.219. The summed E-state index contributed by atoms with van der Waals surface area (Å²) >= 11 is 0. The number of Topliss-reactive ketones (excluding diaryl/α,β-unsaturated/α-hetero) is 1. The molecule has 0 atom stereocenters. The van der Waals surface area contributed by atoms with Crippen LogP contribution in [0.5, 0.6) is 0 Å². The summed E-state index contributed by atoms with van der Waals surface area (Å²) in [6.45, 7) is 3.08. The van der Waals surface area contributed by atoms with Crippen LogP contribution >= 0.6 is 0 Å². The molecule has 0 saturated carbocycles. The minimum absolute atomic E-state index is 0.0651. The fraction of sp³-hybridized carbons (Fsp3) is 0.333. The van der Waals surface area contributed by atoms with Gasteiger partial charge in [0.05, 0.1) is 12.3 Å². The van der Waals surface area contributed by atoms with E-state index in [1.54, 1.807) is 18.2 Å². The molecule has 0 saturated heterocycles. The van der Waals surface area contributed by atoms with Crippen molar-refractivity contribution in [1.29, 1.82) is 0 Å². The first-order chi connectivity index (χ1) is 7.54. The van der Waals surface area contributed by atoms with Gasteiger partial charge in [0.15, 0.2) is 5.78 Å². The molecule has 0 unspecified atom stereocenters. The summed E-state index contributed by atoms with van der Waals surface area (Å²) in [7, 11) is 0. The molecule has 0 aliphatic heterocycles. The largest absolute Gasteiger partial charge is 0.396 e. The number of carbonyl (C=O) groups is 2. The summed E-state index contributed by atoms with van der Waals surface area (Å²) in [5.41, 5.74) is 1.91. The van der Waals surface area contributed by atoms with Crippen molar-refractivity contribution in [3.63, 3.8) is 0 Å². The van der Waals surface area contributed by atoms with E-state index in [1.165, 1.54) is 6.92 Å². The molecule has 0 radical (unpaired) electrons. The van der Waals surface area contributed by atoms with Crippen LogP contribution in [0, 0.1) is 6.92 Å². The summed E-state index contributed by atoms with van der Waals surface area (Å²) < 4.78 is 0. The quantitative estimate of drug-likeness (QED) is 0.757. The topological polar surface area (TPSA) is 66.4 Å². The van der Waals surface area contributed by atoms with Crippen LogP contribution in [0.1, 0.15) is 29.3 Å². The summed E-state index contributed by atoms with van der Waals surface area (Å²) in [5, 5.41) is 11.3. The second-order valence-corrected chi connectivity index (χ2v) is 3.63. The Morgan fingerprint density at radius 1 is 1.38 bits per heavy atom. The Kier molecular flexibility index (Phi) is 4.19. The Morgan fingerprint density at radius 3 is 2.62 bits per heavy atom. The van der Waals surface area contributed by atoms with Gasteiger partial charge in [-0.15, -0.1) is 0 Å². The molecule has 1 aromatic rings. The second kappa shape index (κ2) is 5.42. The normalized spacial score (nSPS) is 9.94. The number of rotatable bonds is 4. The van der Waals surface area contributed by atoms with E-state index in [0.29, 0.717) is 11.3 Å². The Bertz CT molecular complexity index is 413. The molecular formula is C12H15NO3. The van der Waals surface area contributed by atoms with Crippen LogP contribution in [0.2, 0.25) is 0 Å². The van der Waals surface area contributed by atoms with Crippen molar-refractivity contribution in [3.05, 3.63) is 29.3 Å². The zero-order chi connectivity index (χ0) is 12.1. The highest BCUT2D eigenvalue weighted by Crippen LogP contribution is 2.19. The third-order valence-corrected chi connectivity index (χ3v) is 2.13. The minimum Gasteiger partial charge on any atom is -0.396 e. The molecule has 1 amide bonds. The third-order valence-electron chi connectivity index (χ3n) is 2.13. The number of aryl methyl sites for hydroxylation is 1. The molecule has 1 rings (SSSR count). The Labute approximate surface area is 94.3 Å². The first kappa shape index (κ1) is 12.4. The van der Waals surface area contributed by atoms with Crippen molar-refractivity contribution < 1.29 is 14.7 Å². The Hall–Kier alpha value is -1.68. The number of nitrogens with one attached hydrogen (secondary N) is 1. The molecule has 86 valence electrons. The number of anilines is 1. The lowest BCUT2D eigenvalue weighted by Gasteiger charge is -2.09. The van der Waals surface area contributed by atoms with Gasteiger partial charge in [0.1, 0.15) is 0 Å². The van der Waals surface area contributed by atoms with Crippen LogP contribution in [0.15, 0.2) is 18.2 Å². The predicted molar refractivity (Wildman–Crippen MR) is 61.5 cm³/mol. The third kappa shape index (κ3) is 3.17. The second-order valence-electron chi connectivity index (χ2n) is 3.63. The number of hydrogen-bond acceptors (Lipinski definition) is 3. The molecule has 0 aliphatic rings. The number of ketones is 1. The summed E-state index contributed by atoms with van der Waals surface area (Å²) in [6.07, 6.45) is 0.0651. The molecule has 16 heavy (non-hydrogen) atoms. The van der Waals surface area contributed by atoms with Crippen LogP contribution in [-0.2, 0) is 4.79 Å². The van der Waals surface area contributed by atoms with Crippen LogP contribution in [0.3, 0.4) is 0 Å². The average Bonchev–Trinajstić information content (AvgIpc) is 2.16. The van der Waals surface area contributed by atoms with E-state index in [9.17, 15) is 9.59 Å². The zero-order valence-corrected chi connectivity index (χ0v) is 9.41. The molecule has 0 bridgehead atoms. The van der Waals surface area contributed by atoms with Gasteiger partial charge in [0, 0.05) is 18.9 Å². The number of amides is 1. The van der Waals surface area contributed by atoms with Gasteiger partial charge in [-0.1, -0.05) is 6.07 Å². The van der Waals surface area contributed by atoms with Crippen molar-refractivity contribution >= 4 is 17.4 Å². The maximum Gasteiger partial charge on any atom is 0.221 e. The van der Waals surface area contributed by atoms with E-state index in [0.717, 1.165) is 5.56 Å². The molecule has 0 spiro atoms. The highest BCUT2D eigenvalue weighted by molar-refractivity contribution is 6.04. The Balaban J connectivity index is 3.06. The van der Waals surface area contributed by atoms with Gasteiger partial charge in [0.25, 0.3) is 0 Å². The highest BCUT2D eigenvalue weighted by atomic mass is 16.3. The van der Waals surface area contributed by atoms with E-state index in [1.807, 2.05) is 6.92 Å². The van der Waals surface area contributed by atoms with Gasteiger partial charge < -0.3 is 10.4 Å². The predicted octanol–water partition coefficient (Wildman–Crippen LogP) is 1.52. The van der Waals surface area contributed by atoms with Crippen LogP contribution in [-0.4, -0.2) is 23.4 Å². The molecular weight excluding hydrogens is 206 g/mol. The van der Waals surface area contributed by atoms with Gasteiger partial charge in [-0.05, 0) is 24.6 Å². The maximum absolute atomic E-state index is 11.6. The zero-order valence-electron chi connectivity index (χ0n) is 9.41. The molecule has 4 heteroatoms. The molecule has 0 fully saturated rings. The van der Waals surface area contributed by atoms with E-state index in [2.05, 4.69) is 5.32 Å². The van der Waals surface area contributed by atoms with Crippen molar-refractivity contribution in [2.45, 2.75) is 20.3 Å². The number of aliphatic hydroxyl groups is 1. The lowest BCUT2D eigenvalue weighted by atomic mass is 10.0. The number of benzene rings is 1. The maximum atomic E-state index is 11.6. The SMILES string of the molecule is CC(=O)Nc1cc(C)ccc1C(=O)CCO. The van der Waals surface area contributed by atoms with Crippen molar-refractivity contribution in [3.8, 4) is 0 Å². The molecule has 0 aromatic heterocycles. The monoisotopic (exact) mass is 221 g/mol. The number of hydrogen-bond donors (Lipinski definition) is 2. The first-order valence-electron chi connectivity index (χ1n) is 5.07. The smallest absolute Gasteiger partial charge is 0.221 e. The van der Waals surface area contributed by atoms with Gasteiger partial charge in [-0.2, -0.15) is 0 Å². The summed E-state index contributed by atoms with van der Waals surface area (Å²) in [6, 6.07) is 5.21. The molecule has 0 aliphatic carbocycles. The standard InChI is InChI=1S/C12H15NO3/c1-8-3-4-10(12(16)5-6-14)11(7-8)13-9(2)15/h3-4,7,14H,5-6H2,1-2H3,(H,13,15). The van der Waals surface area contributed by atoms with Crippen LogP contribution in [0.4, 0.5) is 5.69 Å². The highest BCUT2D eigenvalue weighted by Gasteiger charge is 2.11. The lowest BCUT2D eigenvalue weighted by molar-refractivity contribution is -0.114. The van der Waals surface area contributed by atoms with Crippen LogP contribution in [0.25, 0.3) is 0 Å². The first-order valence-corrected chi connectivity index (χ1v) is 5.07. The number of carbonyl (C=O) groups excluding carboxylic acids is 2. The summed E-state index contributed by atoms with van der Waals surface area (Å²) in [5.74, 6) is -0.394. The van der Waals surface area contributed by atoms with E-state index in [4.69, 9.17) is 5.11 Å². The fourth-order valence-electron chi connectivity index (χ4n) is 1.43. The number of aliphatic hydroxyl groups excluding tert-OH is 1. The fourth-order valence-corrected chi connectivity index (χ4v) is 1.43. The molecule has 2 N–H and O–H groups in total. The molecule has 4 nitrogen and oxygen atoms in total. The van der Waals surface area contributed by atoms with E-state index in [-0.39, 0.29) is 24.7 Å². The van der Waals surface area contributed by atoms with Crippen molar-refractivity contribution in [2.24, 2.45) is 0 Å². The van der Waals surface area contributed by atoms with E-state index >= 15 is 0 Å². The summed E-state index contributed by atoms with van der Waals surface area (Å²) in [4.78, 5) is 22.6. The van der Waals surface area contributed by atoms with Crippen LogP contribution < -0.4 is 5.32 Å². The van der Waals surface area contributed by atoms with Gasteiger partial charge in [-0.3, -0.25) is 9.59 Å². The lowest BCUT2D eigenvalue weighted by Crippen LogP contribution is -2.12. The van der Waals surface area contributed by atoms with Crippen molar-refractivity contribution in [1.82, 2.24) is 0 Å². The molecule has 0 heterocycles. The van der Waals surface area contributed by atoms with E-state index < -0.39 is 0 Å². The Morgan fingerprint density at radius 2 is 2.06 bits per heavy atom. The van der Waals surface area contributed by atoms with Gasteiger partial charge in [-0.25, -0.2) is 0 Å². The van der Waals surface area contributed by atoms with Crippen molar-refractivity contribution in [2.75, 3.05) is 11.9 Å². The average molecular weight is 221 g/mol. The van der Waals surface area contributed by atoms with Gasteiger partial charge >= 0.3 is 0 Å². The van der Waals surface area contributed by atoms with Gasteiger partial charge in [0.2, 0.25) is 5.91 Å².